The second-order valence-corrected chi connectivity index (χ2v) is 7.52. The molecule has 6 heteroatoms. The van der Waals surface area contributed by atoms with E-state index in [9.17, 15) is 4.79 Å². The number of nitrogens with zero attached hydrogens (tertiary/aromatic N) is 4. The van der Waals surface area contributed by atoms with Crippen LogP contribution in [0.4, 0.5) is 11.8 Å². The van der Waals surface area contributed by atoms with E-state index in [2.05, 4.69) is 55.0 Å². The Labute approximate surface area is 157 Å². The van der Waals surface area contributed by atoms with Crippen LogP contribution in [0.3, 0.4) is 0 Å². The average molecular weight is 360 g/mol. The molecule has 1 aromatic rings. The molecule has 1 atom stereocenters. The first-order chi connectivity index (χ1) is 12.5. The molecule has 0 amide bonds. The fraction of sp³-hybridized carbons (Fsp3) is 0.650. The third-order valence-electron chi connectivity index (χ3n) is 5.22. The molecule has 0 bridgehead atoms. The van der Waals surface area contributed by atoms with Crippen LogP contribution in [0.5, 0.6) is 0 Å². The van der Waals surface area contributed by atoms with Gasteiger partial charge >= 0.3 is 0 Å². The maximum atomic E-state index is 10.8. The molecule has 1 fully saturated rings. The van der Waals surface area contributed by atoms with Crippen molar-refractivity contribution in [3.05, 3.63) is 17.8 Å². The Morgan fingerprint density at radius 3 is 2.65 bits per heavy atom. The molecule has 0 spiro atoms. The van der Waals surface area contributed by atoms with Crippen molar-refractivity contribution in [3.63, 3.8) is 0 Å². The first-order valence-electron chi connectivity index (χ1n) is 9.63. The predicted molar refractivity (Wildman–Crippen MR) is 109 cm³/mol. The monoisotopic (exact) mass is 359 g/mol. The van der Waals surface area contributed by atoms with E-state index in [1.165, 1.54) is 6.08 Å². The second-order valence-electron chi connectivity index (χ2n) is 7.52. The number of carbonyl (C=O) groups excluding carboxylic acids is 1. The maximum Gasteiger partial charge on any atom is 0.224 e. The highest BCUT2D eigenvalue weighted by molar-refractivity contribution is 5.77. The number of piperidine rings is 1. The van der Waals surface area contributed by atoms with Crippen LogP contribution < -0.4 is 10.2 Å². The zero-order chi connectivity index (χ0) is 19.1. The van der Waals surface area contributed by atoms with E-state index in [0.717, 1.165) is 50.0 Å². The molecule has 1 saturated heterocycles. The summed E-state index contributed by atoms with van der Waals surface area (Å²) in [5.74, 6) is 2.05. The third kappa shape index (κ3) is 5.27. The zero-order valence-electron chi connectivity index (χ0n) is 16.8. The van der Waals surface area contributed by atoms with Crippen LogP contribution in [-0.4, -0.2) is 60.4 Å². The van der Waals surface area contributed by atoms with Gasteiger partial charge in [-0.15, -0.1) is 0 Å². The van der Waals surface area contributed by atoms with Crippen molar-refractivity contribution in [2.45, 2.75) is 52.1 Å². The molecular weight excluding hydrogens is 326 g/mol. The van der Waals surface area contributed by atoms with Gasteiger partial charge < -0.3 is 15.1 Å². The van der Waals surface area contributed by atoms with Crippen molar-refractivity contribution in [2.75, 3.05) is 37.4 Å². The smallest absolute Gasteiger partial charge is 0.224 e. The minimum atomic E-state index is 0.379. The van der Waals surface area contributed by atoms with Gasteiger partial charge in [-0.3, -0.25) is 4.79 Å². The molecule has 0 unspecified atom stereocenters. The number of aldehydes is 1. The van der Waals surface area contributed by atoms with Crippen molar-refractivity contribution in [1.29, 1.82) is 0 Å². The van der Waals surface area contributed by atoms with Gasteiger partial charge in [0.05, 0.1) is 0 Å². The molecule has 2 rings (SSSR count). The third-order valence-corrected chi connectivity index (χ3v) is 5.22. The van der Waals surface area contributed by atoms with E-state index in [-0.39, 0.29) is 0 Å². The van der Waals surface area contributed by atoms with E-state index < -0.39 is 0 Å². The van der Waals surface area contributed by atoms with Crippen LogP contribution in [0.1, 0.15) is 45.6 Å². The summed E-state index contributed by atoms with van der Waals surface area (Å²) in [6, 6.07) is 0.789. The van der Waals surface area contributed by atoms with Crippen molar-refractivity contribution in [3.8, 4) is 0 Å². The number of carbonyl (C=O) groups is 1. The van der Waals surface area contributed by atoms with Crippen LogP contribution >= 0.6 is 0 Å². The van der Waals surface area contributed by atoms with Crippen molar-refractivity contribution >= 4 is 24.1 Å². The van der Waals surface area contributed by atoms with Crippen LogP contribution in [0.25, 0.3) is 6.08 Å². The predicted octanol–water partition coefficient (Wildman–Crippen LogP) is 3.07. The molecule has 0 aromatic carbocycles. The molecular formula is C20H33N5O. The van der Waals surface area contributed by atoms with E-state index in [0.29, 0.717) is 23.9 Å². The minimum absolute atomic E-state index is 0.379. The van der Waals surface area contributed by atoms with E-state index >= 15 is 0 Å². The summed E-state index contributed by atoms with van der Waals surface area (Å²) in [7, 11) is 4.23. The van der Waals surface area contributed by atoms with Crippen LogP contribution in [-0.2, 0) is 4.79 Å². The number of allylic oxidation sites excluding steroid dienone is 1. The Bertz CT molecular complexity index is 608. The van der Waals surface area contributed by atoms with E-state index in [1.807, 2.05) is 6.20 Å². The number of aromatic nitrogens is 2. The zero-order valence-corrected chi connectivity index (χ0v) is 16.8. The lowest BCUT2D eigenvalue weighted by Gasteiger charge is -2.33. The quantitative estimate of drug-likeness (QED) is 0.569. The SMILES string of the molecule is CC[C@H](C(C)C)N(C)c1nc(NC2CCN(C)CC2)ncc1/C=C\C=O. The van der Waals surface area contributed by atoms with Crippen molar-refractivity contribution in [2.24, 2.45) is 5.92 Å². The summed E-state index contributed by atoms with van der Waals surface area (Å²) in [4.78, 5) is 24.6. The van der Waals surface area contributed by atoms with Gasteiger partial charge in [-0.05, 0) is 57.5 Å². The molecule has 2 heterocycles. The van der Waals surface area contributed by atoms with Gasteiger partial charge in [0.1, 0.15) is 12.1 Å². The number of nitrogens with one attached hydrogen (secondary N) is 1. The molecule has 1 N–H and O–H groups in total. The van der Waals surface area contributed by atoms with Crippen molar-refractivity contribution in [1.82, 2.24) is 14.9 Å². The molecule has 144 valence electrons. The Hall–Kier alpha value is -1.95. The topological polar surface area (TPSA) is 61.4 Å². The maximum absolute atomic E-state index is 10.8. The van der Waals surface area contributed by atoms with Crippen molar-refractivity contribution < 1.29 is 4.79 Å². The highest BCUT2D eigenvalue weighted by Crippen LogP contribution is 2.25. The average Bonchev–Trinajstić information content (AvgIpc) is 2.62. The summed E-state index contributed by atoms with van der Waals surface area (Å²) in [6.45, 7) is 8.83. The molecule has 0 saturated carbocycles. The normalized spacial score (nSPS) is 17.6. The number of rotatable bonds is 8. The van der Waals surface area contributed by atoms with Crippen LogP contribution in [0.2, 0.25) is 0 Å². The van der Waals surface area contributed by atoms with Gasteiger partial charge in [0, 0.05) is 30.9 Å². The lowest BCUT2D eigenvalue weighted by atomic mass is 10.00. The first-order valence-corrected chi connectivity index (χ1v) is 9.63. The summed E-state index contributed by atoms with van der Waals surface area (Å²) < 4.78 is 0. The summed E-state index contributed by atoms with van der Waals surface area (Å²) in [5.41, 5.74) is 0.868. The molecule has 6 nitrogen and oxygen atoms in total. The van der Waals surface area contributed by atoms with Gasteiger partial charge in [0.2, 0.25) is 5.95 Å². The fourth-order valence-electron chi connectivity index (χ4n) is 3.68. The molecule has 1 aromatic heterocycles. The largest absolute Gasteiger partial charge is 0.356 e. The Morgan fingerprint density at radius 2 is 2.08 bits per heavy atom. The highest BCUT2D eigenvalue weighted by Gasteiger charge is 2.22. The van der Waals surface area contributed by atoms with Crippen LogP contribution in [0, 0.1) is 5.92 Å². The Kier molecular flexibility index (Phi) is 7.57. The number of hydrogen-bond donors (Lipinski definition) is 1. The van der Waals surface area contributed by atoms with Gasteiger partial charge in [0.15, 0.2) is 0 Å². The van der Waals surface area contributed by atoms with Gasteiger partial charge in [-0.2, -0.15) is 4.98 Å². The van der Waals surface area contributed by atoms with Gasteiger partial charge in [-0.1, -0.05) is 20.8 Å². The Morgan fingerprint density at radius 1 is 1.38 bits per heavy atom. The molecule has 0 radical (unpaired) electrons. The molecule has 1 aliphatic rings. The first kappa shape index (κ1) is 20.4. The standard InChI is InChI=1S/C20H33N5O/c1-6-18(15(2)3)25(5)19-16(8-7-13-26)14-21-20(23-19)22-17-9-11-24(4)12-10-17/h7-8,13-15,17-18H,6,9-12H2,1-5H3,(H,21,22,23)/b8-7-/t18-/m1/s1. The molecule has 1 aliphatic heterocycles. The number of likely N-dealkylation sites (tertiary alicyclic amines) is 1. The molecule has 0 aliphatic carbocycles. The Balaban J connectivity index is 2.26. The second kappa shape index (κ2) is 9.67. The van der Waals surface area contributed by atoms with Gasteiger partial charge in [0.25, 0.3) is 0 Å². The number of hydrogen-bond acceptors (Lipinski definition) is 6. The van der Waals surface area contributed by atoms with E-state index in [4.69, 9.17) is 4.98 Å². The van der Waals surface area contributed by atoms with Gasteiger partial charge in [-0.25, -0.2) is 4.98 Å². The van der Waals surface area contributed by atoms with Crippen LogP contribution in [0.15, 0.2) is 12.3 Å². The minimum Gasteiger partial charge on any atom is -0.356 e. The highest BCUT2D eigenvalue weighted by atomic mass is 16.1. The lowest BCUT2D eigenvalue weighted by Crippen LogP contribution is -2.38. The summed E-state index contributed by atoms with van der Waals surface area (Å²) in [6.07, 6.45) is 9.11. The molecule has 26 heavy (non-hydrogen) atoms. The number of anilines is 2. The summed E-state index contributed by atoms with van der Waals surface area (Å²) in [5, 5.41) is 3.50. The summed E-state index contributed by atoms with van der Waals surface area (Å²) >= 11 is 0. The van der Waals surface area contributed by atoms with E-state index in [1.54, 1.807) is 6.08 Å². The fourth-order valence-corrected chi connectivity index (χ4v) is 3.68. The lowest BCUT2D eigenvalue weighted by molar-refractivity contribution is -0.104.